The minimum atomic E-state index is -0.913. The monoisotopic (exact) mass is 286 g/mol. The van der Waals surface area contributed by atoms with Crippen molar-refractivity contribution in [2.75, 3.05) is 13.6 Å². The van der Waals surface area contributed by atoms with E-state index in [1.807, 2.05) is 13.8 Å². The minimum Gasteiger partial charge on any atom is -0.481 e. The summed E-state index contributed by atoms with van der Waals surface area (Å²) in [5, 5.41) is 18.8. The van der Waals surface area contributed by atoms with Gasteiger partial charge in [0.15, 0.2) is 0 Å². The lowest BCUT2D eigenvalue weighted by atomic mass is 9.92. The molecule has 0 aromatic carbocycles. The zero-order valence-corrected chi connectivity index (χ0v) is 12.6. The van der Waals surface area contributed by atoms with Crippen molar-refractivity contribution < 1.29 is 19.8 Å². The number of urea groups is 1. The number of hydrogen-bond donors (Lipinski definition) is 2. The van der Waals surface area contributed by atoms with Crippen molar-refractivity contribution >= 4 is 12.0 Å². The lowest BCUT2D eigenvalue weighted by Gasteiger charge is -2.39. The van der Waals surface area contributed by atoms with E-state index in [1.54, 1.807) is 16.8 Å². The van der Waals surface area contributed by atoms with Gasteiger partial charge in [0.25, 0.3) is 0 Å². The number of carboxylic acids is 1. The van der Waals surface area contributed by atoms with Gasteiger partial charge in [-0.2, -0.15) is 0 Å². The number of amides is 2. The average molecular weight is 286 g/mol. The van der Waals surface area contributed by atoms with Crippen molar-refractivity contribution in [3.8, 4) is 0 Å². The molecule has 0 spiro atoms. The Morgan fingerprint density at radius 1 is 1.25 bits per heavy atom. The topological polar surface area (TPSA) is 81.1 Å². The molecule has 1 saturated carbocycles. The summed E-state index contributed by atoms with van der Waals surface area (Å²) in [5.74, 6) is -0.913. The summed E-state index contributed by atoms with van der Waals surface area (Å²) in [6, 6.07) is -0.431. The molecule has 0 aromatic heterocycles. The molecule has 2 N–H and O–H groups in total. The molecule has 2 amide bonds. The van der Waals surface area contributed by atoms with Crippen LogP contribution in [-0.2, 0) is 4.79 Å². The number of hydrogen-bond acceptors (Lipinski definition) is 3. The van der Waals surface area contributed by atoms with Gasteiger partial charge in [0.2, 0.25) is 0 Å². The van der Waals surface area contributed by atoms with E-state index in [4.69, 9.17) is 5.11 Å². The van der Waals surface area contributed by atoms with E-state index in [0.717, 1.165) is 25.7 Å². The SMILES string of the molecule is CC(C)N(CCC(=O)O)C(=O)N(C)C1CCCCC1O. The van der Waals surface area contributed by atoms with Crippen LogP contribution in [0.1, 0.15) is 46.0 Å². The number of likely N-dealkylation sites (N-methyl/N-ethyl adjacent to an activating group) is 1. The Balaban J connectivity index is 2.69. The maximum Gasteiger partial charge on any atom is 0.320 e. The van der Waals surface area contributed by atoms with E-state index in [0.29, 0.717) is 0 Å². The highest BCUT2D eigenvalue weighted by Crippen LogP contribution is 2.23. The number of carbonyl (C=O) groups excluding carboxylic acids is 1. The second-order valence-electron chi connectivity index (χ2n) is 5.74. The molecule has 2 unspecified atom stereocenters. The van der Waals surface area contributed by atoms with Crippen LogP contribution in [0.5, 0.6) is 0 Å². The van der Waals surface area contributed by atoms with Gasteiger partial charge in [-0.3, -0.25) is 4.79 Å². The summed E-state index contributed by atoms with van der Waals surface area (Å²) in [6.45, 7) is 3.93. The number of aliphatic carboxylic acids is 1. The molecular formula is C14H26N2O4. The maximum absolute atomic E-state index is 12.5. The summed E-state index contributed by atoms with van der Waals surface area (Å²) in [6.07, 6.45) is 2.98. The largest absolute Gasteiger partial charge is 0.481 e. The van der Waals surface area contributed by atoms with Gasteiger partial charge in [-0.05, 0) is 26.7 Å². The Labute approximate surface area is 120 Å². The first-order valence-corrected chi connectivity index (χ1v) is 7.28. The average Bonchev–Trinajstić information content (AvgIpc) is 2.37. The highest BCUT2D eigenvalue weighted by molar-refractivity contribution is 5.76. The molecule has 6 nitrogen and oxygen atoms in total. The van der Waals surface area contributed by atoms with E-state index in [-0.39, 0.29) is 31.1 Å². The van der Waals surface area contributed by atoms with Crippen LogP contribution in [0.2, 0.25) is 0 Å². The maximum atomic E-state index is 12.5. The van der Waals surface area contributed by atoms with E-state index < -0.39 is 12.1 Å². The summed E-state index contributed by atoms with van der Waals surface area (Å²) < 4.78 is 0. The van der Waals surface area contributed by atoms with Crippen LogP contribution in [-0.4, -0.2) is 63.8 Å². The standard InChI is InChI=1S/C14H26N2O4/c1-10(2)16(9-8-13(18)19)14(20)15(3)11-6-4-5-7-12(11)17/h10-12,17H,4-9H2,1-3H3,(H,18,19). The molecule has 2 atom stereocenters. The molecular weight excluding hydrogens is 260 g/mol. The predicted octanol–water partition coefficient (Wildman–Crippen LogP) is 1.53. The van der Waals surface area contributed by atoms with E-state index in [2.05, 4.69) is 0 Å². The van der Waals surface area contributed by atoms with Gasteiger partial charge in [0, 0.05) is 19.6 Å². The lowest BCUT2D eigenvalue weighted by Crippen LogP contribution is -2.53. The van der Waals surface area contributed by atoms with Crippen molar-refractivity contribution in [1.82, 2.24) is 9.80 Å². The minimum absolute atomic E-state index is 0.0645. The van der Waals surface area contributed by atoms with Crippen molar-refractivity contribution in [1.29, 1.82) is 0 Å². The molecule has 20 heavy (non-hydrogen) atoms. The van der Waals surface area contributed by atoms with Gasteiger partial charge in [-0.15, -0.1) is 0 Å². The molecule has 0 heterocycles. The smallest absolute Gasteiger partial charge is 0.320 e. The Hall–Kier alpha value is -1.30. The number of nitrogens with zero attached hydrogens (tertiary/aromatic N) is 2. The van der Waals surface area contributed by atoms with Crippen LogP contribution < -0.4 is 0 Å². The number of aliphatic hydroxyl groups excluding tert-OH is 1. The van der Waals surface area contributed by atoms with E-state index in [9.17, 15) is 14.7 Å². The molecule has 1 aliphatic rings. The van der Waals surface area contributed by atoms with E-state index >= 15 is 0 Å². The molecule has 1 aliphatic carbocycles. The number of rotatable bonds is 5. The van der Waals surface area contributed by atoms with Crippen LogP contribution in [0.4, 0.5) is 4.79 Å². The third kappa shape index (κ3) is 4.37. The molecule has 0 bridgehead atoms. The molecule has 0 saturated heterocycles. The number of carbonyl (C=O) groups is 2. The van der Waals surface area contributed by atoms with Crippen molar-refractivity contribution in [2.45, 2.75) is 64.1 Å². The second-order valence-corrected chi connectivity index (χ2v) is 5.74. The summed E-state index contributed by atoms with van der Waals surface area (Å²) >= 11 is 0. The fraction of sp³-hybridized carbons (Fsp3) is 0.857. The second kappa shape index (κ2) is 7.47. The zero-order valence-electron chi connectivity index (χ0n) is 12.6. The first-order valence-electron chi connectivity index (χ1n) is 7.28. The molecule has 1 fully saturated rings. The molecule has 0 radical (unpaired) electrons. The first kappa shape index (κ1) is 16.8. The van der Waals surface area contributed by atoms with Crippen molar-refractivity contribution in [3.63, 3.8) is 0 Å². The predicted molar refractivity (Wildman–Crippen MR) is 75.5 cm³/mol. The van der Waals surface area contributed by atoms with Gasteiger partial charge in [0.1, 0.15) is 0 Å². The van der Waals surface area contributed by atoms with Crippen LogP contribution in [0.3, 0.4) is 0 Å². The third-order valence-electron chi connectivity index (χ3n) is 3.93. The molecule has 0 aromatic rings. The van der Waals surface area contributed by atoms with Gasteiger partial charge in [-0.25, -0.2) is 4.79 Å². The Morgan fingerprint density at radius 3 is 2.35 bits per heavy atom. The Bertz CT molecular complexity index is 346. The Morgan fingerprint density at radius 2 is 1.85 bits per heavy atom. The Kier molecular flexibility index (Phi) is 6.26. The number of aliphatic hydroxyl groups is 1. The quantitative estimate of drug-likeness (QED) is 0.803. The van der Waals surface area contributed by atoms with Gasteiger partial charge in [-0.1, -0.05) is 12.8 Å². The highest BCUT2D eigenvalue weighted by Gasteiger charge is 2.32. The fourth-order valence-electron chi connectivity index (χ4n) is 2.68. The summed E-state index contributed by atoms with van der Waals surface area (Å²) in [7, 11) is 1.69. The first-order chi connectivity index (χ1) is 9.34. The normalized spacial score (nSPS) is 22.6. The summed E-state index contributed by atoms with van der Waals surface area (Å²) in [4.78, 5) is 26.3. The highest BCUT2D eigenvalue weighted by atomic mass is 16.4. The van der Waals surface area contributed by atoms with Gasteiger partial charge >= 0.3 is 12.0 Å². The van der Waals surface area contributed by atoms with Crippen LogP contribution >= 0.6 is 0 Å². The molecule has 6 heteroatoms. The molecule has 1 rings (SSSR count). The van der Waals surface area contributed by atoms with Crippen LogP contribution in [0, 0.1) is 0 Å². The third-order valence-corrected chi connectivity index (χ3v) is 3.93. The summed E-state index contributed by atoms with van der Waals surface area (Å²) in [5.41, 5.74) is 0. The number of carboxylic acid groups (broad SMARTS) is 1. The fourth-order valence-corrected chi connectivity index (χ4v) is 2.68. The molecule has 0 aliphatic heterocycles. The lowest BCUT2D eigenvalue weighted by molar-refractivity contribution is -0.137. The molecule has 116 valence electrons. The van der Waals surface area contributed by atoms with Crippen molar-refractivity contribution in [3.05, 3.63) is 0 Å². The van der Waals surface area contributed by atoms with Crippen LogP contribution in [0.15, 0.2) is 0 Å². The van der Waals surface area contributed by atoms with Gasteiger partial charge < -0.3 is 20.0 Å². The van der Waals surface area contributed by atoms with Crippen LogP contribution in [0.25, 0.3) is 0 Å². The van der Waals surface area contributed by atoms with Gasteiger partial charge in [0.05, 0.1) is 18.6 Å². The van der Waals surface area contributed by atoms with Crippen molar-refractivity contribution in [2.24, 2.45) is 0 Å². The zero-order chi connectivity index (χ0) is 15.3. The van der Waals surface area contributed by atoms with E-state index in [1.165, 1.54) is 0 Å².